The van der Waals surface area contributed by atoms with Crippen molar-refractivity contribution in [3.8, 4) is 5.88 Å². The van der Waals surface area contributed by atoms with E-state index in [0.29, 0.717) is 6.54 Å². The summed E-state index contributed by atoms with van der Waals surface area (Å²) in [6, 6.07) is 2.43. The highest BCUT2D eigenvalue weighted by molar-refractivity contribution is 5.94. The molecule has 0 spiro atoms. The first-order chi connectivity index (χ1) is 8.04. The molecular weight excluding hydrogens is 222 g/mol. The van der Waals surface area contributed by atoms with Crippen LogP contribution in [-0.2, 0) is 0 Å². The van der Waals surface area contributed by atoms with Gasteiger partial charge < -0.3 is 15.3 Å². The molecule has 1 rings (SSSR count). The summed E-state index contributed by atoms with van der Waals surface area (Å²) in [5, 5.41) is 12.2. The number of nitrogens with zero attached hydrogens (tertiary/aromatic N) is 1. The third kappa shape index (κ3) is 3.92. The average Bonchev–Trinajstić information content (AvgIpc) is 2.27. The van der Waals surface area contributed by atoms with E-state index >= 15 is 0 Å². The van der Waals surface area contributed by atoms with Gasteiger partial charge in [-0.05, 0) is 20.0 Å². The molecule has 17 heavy (non-hydrogen) atoms. The molecule has 0 bridgehead atoms. The van der Waals surface area contributed by atoms with Gasteiger partial charge in [-0.15, -0.1) is 0 Å². The van der Waals surface area contributed by atoms with E-state index in [9.17, 15) is 14.7 Å². The van der Waals surface area contributed by atoms with Crippen LogP contribution in [0, 0.1) is 0 Å². The molecule has 0 fully saturated rings. The van der Waals surface area contributed by atoms with Crippen LogP contribution in [0.2, 0.25) is 0 Å². The maximum atomic E-state index is 11.9. The number of carbonyl (C=O) groups is 1. The van der Waals surface area contributed by atoms with E-state index in [-0.39, 0.29) is 17.4 Å². The minimum Gasteiger partial charge on any atom is -0.494 e. The molecule has 0 saturated carbocycles. The van der Waals surface area contributed by atoms with Crippen molar-refractivity contribution in [2.75, 3.05) is 27.2 Å². The molecule has 0 atom stereocenters. The Bertz CT molecular complexity index is 442. The molecule has 1 heterocycles. The van der Waals surface area contributed by atoms with Crippen LogP contribution in [0.5, 0.6) is 5.88 Å². The molecular formula is C11H17N3O3. The molecule has 1 aromatic rings. The Morgan fingerprint density at radius 3 is 2.82 bits per heavy atom. The van der Waals surface area contributed by atoms with Gasteiger partial charge in [0, 0.05) is 25.7 Å². The zero-order valence-electron chi connectivity index (χ0n) is 9.99. The van der Waals surface area contributed by atoms with E-state index in [1.54, 1.807) is 7.05 Å². The van der Waals surface area contributed by atoms with Crippen molar-refractivity contribution >= 4 is 5.91 Å². The number of rotatable bonds is 5. The Hall–Kier alpha value is -1.82. The molecule has 0 aliphatic carbocycles. The summed E-state index contributed by atoms with van der Waals surface area (Å²) in [5.41, 5.74) is -0.296. The van der Waals surface area contributed by atoms with Crippen LogP contribution >= 0.6 is 0 Å². The Balaban J connectivity index is 2.71. The summed E-state index contributed by atoms with van der Waals surface area (Å²) in [7, 11) is 3.51. The van der Waals surface area contributed by atoms with E-state index in [4.69, 9.17) is 0 Å². The van der Waals surface area contributed by atoms with Gasteiger partial charge in [0.05, 0.1) is 5.56 Å². The van der Waals surface area contributed by atoms with Gasteiger partial charge in [0.15, 0.2) is 5.88 Å². The largest absolute Gasteiger partial charge is 0.494 e. The quantitative estimate of drug-likeness (QED) is 0.619. The molecule has 0 aromatic carbocycles. The Kier molecular flexibility index (Phi) is 4.71. The van der Waals surface area contributed by atoms with Crippen LogP contribution in [0.25, 0.3) is 0 Å². The molecule has 0 aliphatic rings. The average molecular weight is 239 g/mol. The molecule has 0 unspecified atom stereocenters. The van der Waals surface area contributed by atoms with Gasteiger partial charge in [-0.3, -0.25) is 14.6 Å². The lowest BCUT2D eigenvalue weighted by Gasteiger charge is -2.16. The first-order valence-corrected chi connectivity index (χ1v) is 5.38. The number of pyridine rings is 1. The van der Waals surface area contributed by atoms with Gasteiger partial charge in [-0.25, -0.2) is 0 Å². The van der Waals surface area contributed by atoms with Crippen molar-refractivity contribution in [1.82, 2.24) is 15.2 Å². The Labute approximate surface area is 99.3 Å². The van der Waals surface area contributed by atoms with Crippen LogP contribution in [0.1, 0.15) is 16.8 Å². The lowest BCUT2D eigenvalue weighted by Crippen LogP contribution is -2.30. The number of aromatic nitrogens is 1. The zero-order valence-corrected chi connectivity index (χ0v) is 9.99. The maximum Gasteiger partial charge on any atom is 0.253 e. The lowest BCUT2D eigenvalue weighted by atomic mass is 10.2. The highest BCUT2D eigenvalue weighted by Crippen LogP contribution is 2.07. The predicted molar refractivity (Wildman–Crippen MR) is 64.2 cm³/mol. The molecule has 1 aromatic heterocycles. The van der Waals surface area contributed by atoms with Crippen LogP contribution < -0.4 is 10.9 Å². The maximum absolute atomic E-state index is 11.9. The first kappa shape index (κ1) is 13.2. The van der Waals surface area contributed by atoms with Crippen LogP contribution in [0.15, 0.2) is 16.9 Å². The second-order valence-electron chi connectivity index (χ2n) is 3.80. The van der Waals surface area contributed by atoms with Gasteiger partial charge in [-0.1, -0.05) is 0 Å². The number of hydrogen-bond donors (Lipinski definition) is 3. The Morgan fingerprint density at radius 1 is 1.53 bits per heavy atom. The fourth-order valence-electron chi connectivity index (χ4n) is 1.47. The summed E-state index contributed by atoms with van der Waals surface area (Å²) in [6.45, 7) is 1.41. The highest BCUT2D eigenvalue weighted by atomic mass is 16.3. The van der Waals surface area contributed by atoms with Gasteiger partial charge >= 0.3 is 0 Å². The van der Waals surface area contributed by atoms with Crippen molar-refractivity contribution in [3.63, 3.8) is 0 Å². The standard InChI is InChI=1S/C11H17N3O3/c1-12-4-3-5-14(2)11(17)8-6-9(15)13-10(16)7-8/h6-7,12H,3-5H2,1-2H3,(H2,13,15,16). The number of H-pyrrole nitrogens is 1. The van der Waals surface area contributed by atoms with Crippen molar-refractivity contribution < 1.29 is 9.90 Å². The summed E-state index contributed by atoms with van der Waals surface area (Å²) in [4.78, 5) is 26.7. The van der Waals surface area contributed by atoms with Crippen molar-refractivity contribution in [1.29, 1.82) is 0 Å². The third-order valence-electron chi connectivity index (χ3n) is 2.34. The molecule has 6 heteroatoms. The minimum atomic E-state index is -0.489. The monoisotopic (exact) mass is 239 g/mol. The molecule has 94 valence electrons. The number of amides is 1. The topological polar surface area (TPSA) is 85.4 Å². The van der Waals surface area contributed by atoms with Crippen LogP contribution in [0.4, 0.5) is 0 Å². The van der Waals surface area contributed by atoms with Gasteiger partial charge in [0.25, 0.3) is 11.5 Å². The molecule has 0 aliphatic heterocycles. The van der Waals surface area contributed by atoms with Crippen LogP contribution in [0.3, 0.4) is 0 Å². The van der Waals surface area contributed by atoms with E-state index in [1.807, 2.05) is 7.05 Å². The SMILES string of the molecule is CNCCCN(C)C(=O)c1cc(O)[nH]c(=O)c1. The van der Waals surface area contributed by atoms with Crippen molar-refractivity contribution in [2.24, 2.45) is 0 Å². The normalized spacial score (nSPS) is 10.2. The smallest absolute Gasteiger partial charge is 0.253 e. The predicted octanol–water partition coefficient (Wildman–Crippen LogP) is -0.238. The fourth-order valence-corrected chi connectivity index (χ4v) is 1.47. The van der Waals surface area contributed by atoms with E-state index in [2.05, 4.69) is 10.3 Å². The molecule has 1 amide bonds. The van der Waals surface area contributed by atoms with E-state index in [1.165, 1.54) is 17.0 Å². The lowest BCUT2D eigenvalue weighted by molar-refractivity contribution is 0.0793. The second-order valence-corrected chi connectivity index (χ2v) is 3.80. The van der Waals surface area contributed by atoms with Crippen molar-refractivity contribution in [3.05, 3.63) is 28.0 Å². The molecule has 0 radical (unpaired) electrons. The zero-order chi connectivity index (χ0) is 12.8. The number of nitrogens with one attached hydrogen (secondary N) is 2. The number of aromatic hydroxyl groups is 1. The summed E-state index contributed by atoms with van der Waals surface area (Å²) >= 11 is 0. The van der Waals surface area contributed by atoms with Crippen molar-refractivity contribution in [2.45, 2.75) is 6.42 Å². The summed E-state index contributed by atoms with van der Waals surface area (Å²) in [6.07, 6.45) is 0.827. The Morgan fingerprint density at radius 2 is 2.24 bits per heavy atom. The molecule has 6 nitrogen and oxygen atoms in total. The van der Waals surface area contributed by atoms with E-state index < -0.39 is 5.56 Å². The number of aromatic amines is 1. The van der Waals surface area contributed by atoms with Crippen LogP contribution in [-0.4, -0.2) is 48.1 Å². The van der Waals surface area contributed by atoms with Gasteiger partial charge in [0.1, 0.15) is 0 Å². The summed E-state index contributed by atoms with van der Waals surface area (Å²) < 4.78 is 0. The number of carbonyl (C=O) groups excluding carboxylic acids is 1. The molecule has 3 N–H and O–H groups in total. The third-order valence-corrected chi connectivity index (χ3v) is 2.34. The summed E-state index contributed by atoms with van der Waals surface area (Å²) in [5.74, 6) is -0.577. The minimum absolute atomic E-state index is 0.193. The fraction of sp³-hybridized carbons (Fsp3) is 0.455. The number of hydrogen-bond acceptors (Lipinski definition) is 4. The molecule has 0 saturated heterocycles. The highest BCUT2D eigenvalue weighted by Gasteiger charge is 2.12. The van der Waals surface area contributed by atoms with E-state index in [0.717, 1.165) is 13.0 Å². The first-order valence-electron chi connectivity index (χ1n) is 5.38. The van der Waals surface area contributed by atoms with Gasteiger partial charge in [0.2, 0.25) is 0 Å². The van der Waals surface area contributed by atoms with Gasteiger partial charge in [-0.2, -0.15) is 0 Å². The second kappa shape index (κ2) is 6.05.